The lowest BCUT2D eigenvalue weighted by Gasteiger charge is -2.36. The summed E-state index contributed by atoms with van der Waals surface area (Å²) < 4.78 is 6.54. The van der Waals surface area contributed by atoms with E-state index < -0.39 is 0 Å². The number of hydrogen-bond acceptors (Lipinski definition) is 1. The quantitative estimate of drug-likeness (QED) is 0.277. The van der Waals surface area contributed by atoms with Gasteiger partial charge in [0.1, 0.15) is 13.1 Å². The van der Waals surface area contributed by atoms with E-state index in [1.807, 2.05) is 0 Å². The van der Waals surface area contributed by atoms with E-state index in [1.54, 1.807) is 0 Å². The first kappa shape index (κ1) is 16.4. The monoisotopic (exact) mass is 339 g/mol. The summed E-state index contributed by atoms with van der Waals surface area (Å²) in [5.74, 6) is 0. The standard InChI is InChI=1S/C13H26NO.HI/c1-3-4-5-6-7-8-9-14(2)10-12-15-13-11-14;/h7-8H,3-6,9-13H2,1-2H3;1H/q+1;/p-1/b8-7+;. The van der Waals surface area contributed by atoms with E-state index in [-0.39, 0.29) is 24.0 Å². The maximum atomic E-state index is 5.38. The molecule has 1 rings (SSSR count). The molecule has 1 aliphatic heterocycles. The predicted octanol–water partition coefficient (Wildman–Crippen LogP) is -0.396. The normalized spacial score (nSPS) is 19.6. The van der Waals surface area contributed by atoms with Crippen molar-refractivity contribution in [3.63, 3.8) is 0 Å². The second-order valence-electron chi connectivity index (χ2n) is 4.83. The average molecular weight is 339 g/mol. The van der Waals surface area contributed by atoms with Gasteiger partial charge in [0.15, 0.2) is 0 Å². The Hall–Kier alpha value is 0.390. The van der Waals surface area contributed by atoms with Crippen LogP contribution in [-0.2, 0) is 4.74 Å². The van der Waals surface area contributed by atoms with Crippen molar-refractivity contribution in [3.8, 4) is 0 Å². The molecule has 0 unspecified atom stereocenters. The first-order valence-corrected chi connectivity index (χ1v) is 6.33. The minimum absolute atomic E-state index is 0. The van der Waals surface area contributed by atoms with E-state index in [2.05, 4.69) is 26.1 Å². The SMILES string of the molecule is CCCCC/C=C/C[N+]1(C)CCOCC1.[I-]. The Morgan fingerprint density at radius 2 is 1.81 bits per heavy atom. The molecule has 0 radical (unpaired) electrons. The first-order chi connectivity index (χ1) is 7.27. The van der Waals surface area contributed by atoms with Gasteiger partial charge in [-0.15, -0.1) is 0 Å². The highest BCUT2D eigenvalue weighted by molar-refractivity contribution is 4.81. The third kappa shape index (κ3) is 6.86. The molecule has 0 aliphatic carbocycles. The van der Waals surface area contributed by atoms with E-state index in [4.69, 9.17) is 4.74 Å². The molecule has 1 aliphatic rings. The molecule has 96 valence electrons. The van der Waals surface area contributed by atoms with Gasteiger partial charge in [0.25, 0.3) is 0 Å². The van der Waals surface area contributed by atoms with Crippen LogP contribution in [0, 0.1) is 0 Å². The number of rotatable bonds is 6. The van der Waals surface area contributed by atoms with E-state index in [1.165, 1.54) is 45.3 Å². The highest BCUT2D eigenvalue weighted by Crippen LogP contribution is 2.08. The van der Waals surface area contributed by atoms with Crippen LogP contribution in [0.25, 0.3) is 0 Å². The maximum absolute atomic E-state index is 5.38. The fourth-order valence-electron chi connectivity index (χ4n) is 1.93. The zero-order chi connectivity index (χ0) is 11.0. The summed E-state index contributed by atoms with van der Waals surface area (Å²) in [4.78, 5) is 0. The van der Waals surface area contributed by atoms with Gasteiger partial charge >= 0.3 is 0 Å². The van der Waals surface area contributed by atoms with Crippen molar-refractivity contribution in [2.24, 2.45) is 0 Å². The third-order valence-corrected chi connectivity index (χ3v) is 3.24. The molecule has 0 aromatic heterocycles. The molecule has 16 heavy (non-hydrogen) atoms. The molecule has 0 atom stereocenters. The van der Waals surface area contributed by atoms with Crippen LogP contribution in [0.4, 0.5) is 0 Å². The number of allylic oxidation sites excluding steroid dienone is 1. The van der Waals surface area contributed by atoms with E-state index >= 15 is 0 Å². The second kappa shape index (κ2) is 9.42. The van der Waals surface area contributed by atoms with Crippen molar-refractivity contribution in [1.29, 1.82) is 0 Å². The summed E-state index contributed by atoms with van der Waals surface area (Å²) in [5.41, 5.74) is 0. The Morgan fingerprint density at radius 1 is 1.12 bits per heavy atom. The van der Waals surface area contributed by atoms with Crippen LogP contribution in [0.1, 0.15) is 32.6 Å². The third-order valence-electron chi connectivity index (χ3n) is 3.24. The van der Waals surface area contributed by atoms with Crippen LogP contribution in [0.5, 0.6) is 0 Å². The predicted molar refractivity (Wildman–Crippen MR) is 64.9 cm³/mol. The van der Waals surface area contributed by atoms with Crippen LogP contribution >= 0.6 is 0 Å². The molecule has 0 N–H and O–H groups in total. The molecular weight excluding hydrogens is 313 g/mol. The molecule has 3 heteroatoms. The van der Waals surface area contributed by atoms with Crippen molar-refractivity contribution in [1.82, 2.24) is 0 Å². The Balaban J connectivity index is 0.00000225. The number of morpholine rings is 1. The van der Waals surface area contributed by atoms with Gasteiger partial charge in [-0.1, -0.05) is 25.8 Å². The first-order valence-electron chi connectivity index (χ1n) is 6.33. The molecule has 0 spiro atoms. The lowest BCUT2D eigenvalue weighted by atomic mass is 10.2. The summed E-state index contributed by atoms with van der Waals surface area (Å²) in [6, 6.07) is 0. The van der Waals surface area contributed by atoms with Gasteiger partial charge in [-0.25, -0.2) is 0 Å². The van der Waals surface area contributed by atoms with Gasteiger partial charge in [0.2, 0.25) is 0 Å². The summed E-state index contributed by atoms with van der Waals surface area (Å²) in [6.45, 7) is 7.62. The van der Waals surface area contributed by atoms with Crippen LogP contribution in [0.3, 0.4) is 0 Å². The Morgan fingerprint density at radius 3 is 2.44 bits per heavy atom. The molecule has 1 fully saturated rings. The lowest BCUT2D eigenvalue weighted by Crippen LogP contribution is -3.00. The molecule has 0 amide bonds. The van der Waals surface area contributed by atoms with Gasteiger partial charge < -0.3 is 33.2 Å². The van der Waals surface area contributed by atoms with Gasteiger partial charge in [0, 0.05) is 0 Å². The molecule has 0 saturated carbocycles. The van der Waals surface area contributed by atoms with Gasteiger partial charge in [-0.2, -0.15) is 0 Å². The molecule has 0 bridgehead atoms. The zero-order valence-corrected chi connectivity index (χ0v) is 12.9. The Kier molecular flexibility index (Phi) is 9.65. The van der Waals surface area contributed by atoms with Crippen LogP contribution < -0.4 is 24.0 Å². The fourth-order valence-corrected chi connectivity index (χ4v) is 1.93. The van der Waals surface area contributed by atoms with E-state index in [0.29, 0.717) is 0 Å². The number of ether oxygens (including phenoxy) is 1. The van der Waals surface area contributed by atoms with Crippen molar-refractivity contribution in [2.45, 2.75) is 32.6 Å². The smallest absolute Gasteiger partial charge is 0.102 e. The summed E-state index contributed by atoms with van der Waals surface area (Å²) in [6.07, 6.45) is 10.0. The molecule has 0 aromatic carbocycles. The fraction of sp³-hybridized carbons (Fsp3) is 0.846. The topological polar surface area (TPSA) is 9.23 Å². The van der Waals surface area contributed by atoms with E-state index in [0.717, 1.165) is 17.7 Å². The van der Waals surface area contributed by atoms with Crippen LogP contribution in [0.15, 0.2) is 12.2 Å². The van der Waals surface area contributed by atoms with Crippen molar-refractivity contribution < 1.29 is 33.2 Å². The van der Waals surface area contributed by atoms with Gasteiger partial charge in [-0.05, 0) is 18.9 Å². The largest absolute Gasteiger partial charge is 1.00 e. The number of likely N-dealkylation sites (N-methyl/N-ethyl adjacent to an activating group) is 1. The van der Waals surface area contributed by atoms with Crippen LogP contribution in [0.2, 0.25) is 0 Å². The molecule has 1 heterocycles. The van der Waals surface area contributed by atoms with Gasteiger partial charge in [-0.3, -0.25) is 0 Å². The molecule has 1 saturated heterocycles. The number of quaternary nitrogens is 1. The molecule has 2 nitrogen and oxygen atoms in total. The van der Waals surface area contributed by atoms with E-state index in [9.17, 15) is 0 Å². The minimum atomic E-state index is 0. The second-order valence-corrected chi connectivity index (χ2v) is 4.83. The average Bonchev–Trinajstić information content (AvgIpc) is 2.24. The summed E-state index contributed by atoms with van der Waals surface area (Å²) in [7, 11) is 2.33. The number of nitrogens with zero attached hydrogens (tertiary/aromatic N) is 1. The van der Waals surface area contributed by atoms with Gasteiger partial charge in [0.05, 0.1) is 26.8 Å². The maximum Gasteiger partial charge on any atom is 0.102 e. The van der Waals surface area contributed by atoms with Crippen LogP contribution in [-0.4, -0.2) is 44.4 Å². The molecule has 0 aromatic rings. The Labute approximate surface area is 118 Å². The highest BCUT2D eigenvalue weighted by atomic mass is 127. The van der Waals surface area contributed by atoms with Crippen molar-refractivity contribution in [3.05, 3.63) is 12.2 Å². The number of halogens is 1. The number of hydrogen-bond donors (Lipinski definition) is 0. The summed E-state index contributed by atoms with van der Waals surface area (Å²) in [5, 5.41) is 0. The minimum Gasteiger partial charge on any atom is -1.00 e. The lowest BCUT2D eigenvalue weighted by molar-refractivity contribution is -0.911. The highest BCUT2D eigenvalue weighted by Gasteiger charge is 2.23. The zero-order valence-electron chi connectivity index (χ0n) is 10.8. The Bertz CT molecular complexity index is 188. The number of unbranched alkanes of at least 4 members (excludes halogenated alkanes) is 3. The summed E-state index contributed by atoms with van der Waals surface area (Å²) >= 11 is 0. The van der Waals surface area contributed by atoms with Crippen molar-refractivity contribution >= 4 is 0 Å². The molecular formula is C13H26INO. The van der Waals surface area contributed by atoms with Crippen molar-refractivity contribution in [2.75, 3.05) is 39.9 Å².